The van der Waals surface area contributed by atoms with Crippen molar-refractivity contribution < 1.29 is 14.3 Å². The largest absolute Gasteiger partial charge is 0.453 e. The van der Waals surface area contributed by atoms with Crippen molar-refractivity contribution in [2.24, 2.45) is 5.92 Å². The molecule has 1 aromatic rings. The topological polar surface area (TPSA) is 67.4 Å². The third-order valence-corrected chi connectivity index (χ3v) is 2.24. The van der Waals surface area contributed by atoms with Gasteiger partial charge in [0.05, 0.1) is 13.0 Å². The lowest BCUT2D eigenvalue weighted by Crippen LogP contribution is -2.37. The molecule has 92 valence electrons. The number of ether oxygens (including phenoxy) is 1. The van der Waals surface area contributed by atoms with Gasteiger partial charge in [0, 0.05) is 12.2 Å². The fourth-order valence-corrected chi connectivity index (χ4v) is 1.19. The summed E-state index contributed by atoms with van der Waals surface area (Å²) in [5, 5.41) is 5.23. The molecule has 0 aliphatic rings. The molecule has 0 heterocycles. The van der Waals surface area contributed by atoms with E-state index >= 15 is 0 Å². The number of nitrogens with one attached hydrogen (secondary N) is 2. The maximum Gasteiger partial charge on any atom is 0.413 e. The van der Waals surface area contributed by atoms with Crippen LogP contribution < -0.4 is 10.6 Å². The fraction of sp³-hybridized carbons (Fsp3) is 0.333. The molecule has 0 spiro atoms. The number of alkyl carbamates (subject to hydrolysis) is 1. The van der Waals surface area contributed by atoms with Crippen molar-refractivity contribution >= 4 is 17.7 Å². The van der Waals surface area contributed by atoms with E-state index in [-0.39, 0.29) is 11.8 Å². The van der Waals surface area contributed by atoms with Gasteiger partial charge in [-0.3, -0.25) is 10.1 Å². The monoisotopic (exact) mass is 236 g/mol. The van der Waals surface area contributed by atoms with Gasteiger partial charge in [-0.05, 0) is 12.1 Å². The Morgan fingerprint density at radius 3 is 2.53 bits per heavy atom. The number of hydrogen-bond acceptors (Lipinski definition) is 4. The first-order valence-corrected chi connectivity index (χ1v) is 5.31. The summed E-state index contributed by atoms with van der Waals surface area (Å²) < 4.78 is 4.34. The zero-order chi connectivity index (χ0) is 12.7. The molecule has 0 radical (unpaired) electrons. The Kier molecular flexibility index (Phi) is 5.00. The van der Waals surface area contributed by atoms with Gasteiger partial charge in [-0.2, -0.15) is 0 Å². The highest BCUT2D eigenvalue weighted by atomic mass is 16.5. The van der Waals surface area contributed by atoms with Crippen LogP contribution in [0, 0.1) is 5.92 Å². The summed E-state index contributed by atoms with van der Waals surface area (Å²) in [5.41, 5.74) is 0.935. The molecule has 5 heteroatoms. The van der Waals surface area contributed by atoms with E-state index < -0.39 is 6.09 Å². The number of carbonyl (C=O) groups excluding carboxylic acids is 2. The van der Waals surface area contributed by atoms with Crippen molar-refractivity contribution in [1.82, 2.24) is 5.32 Å². The van der Waals surface area contributed by atoms with Crippen LogP contribution >= 0.6 is 0 Å². The van der Waals surface area contributed by atoms with Crippen LogP contribution in [-0.2, 0) is 9.53 Å². The molecule has 2 N–H and O–H groups in total. The Morgan fingerprint density at radius 1 is 1.29 bits per heavy atom. The molecule has 17 heavy (non-hydrogen) atoms. The van der Waals surface area contributed by atoms with Crippen LogP contribution in [0.5, 0.6) is 0 Å². The van der Waals surface area contributed by atoms with E-state index in [4.69, 9.17) is 0 Å². The summed E-state index contributed by atoms with van der Waals surface area (Å²) in [6, 6.07) is 9.54. The molecule has 1 atom stereocenters. The number of rotatable bonds is 4. The number of imide groups is 1. The van der Waals surface area contributed by atoms with E-state index in [9.17, 15) is 9.59 Å². The van der Waals surface area contributed by atoms with Crippen LogP contribution in [0.4, 0.5) is 10.5 Å². The van der Waals surface area contributed by atoms with E-state index in [1.807, 2.05) is 30.3 Å². The summed E-state index contributed by atoms with van der Waals surface area (Å²) in [6.45, 7) is 2.18. The highest BCUT2D eigenvalue weighted by molar-refractivity contribution is 5.93. The minimum absolute atomic E-state index is 0.325. The van der Waals surface area contributed by atoms with E-state index in [0.717, 1.165) is 5.69 Å². The molecule has 0 unspecified atom stereocenters. The van der Waals surface area contributed by atoms with Gasteiger partial charge < -0.3 is 10.1 Å². The number of hydrogen-bond donors (Lipinski definition) is 2. The Morgan fingerprint density at radius 2 is 1.94 bits per heavy atom. The Labute approximate surface area is 100 Å². The molecule has 1 aromatic carbocycles. The second-order valence-corrected chi connectivity index (χ2v) is 3.63. The van der Waals surface area contributed by atoms with E-state index in [0.29, 0.717) is 6.54 Å². The first kappa shape index (κ1) is 13.0. The summed E-state index contributed by atoms with van der Waals surface area (Å²) in [5.74, 6) is -0.686. The molecule has 0 fully saturated rings. The molecular formula is C12H16N2O3. The predicted octanol–water partition coefficient (Wildman–Crippen LogP) is 1.62. The van der Waals surface area contributed by atoms with Crippen LogP contribution in [0.2, 0.25) is 0 Å². The third kappa shape index (κ3) is 4.55. The minimum atomic E-state index is -0.735. The van der Waals surface area contributed by atoms with Crippen molar-refractivity contribution in [2.45, 2.75) is 6.92 Å². The van der Waals surface area contributed by atoms with E-state index in [1.54, 1.807) is 6.92 Å². The number of carbonyl (C=O) groups is 2. The molecule has 0 saturated heterocycles. The van der Waals surface area contributed by atoms with Gasteiger partial charge in [-0.15, -0.1) is 0 Å². The lowest BCUT2D eigenvalue weighted by Gasteiger charge is -2.12. The second-order valence-electron chi connectivity index (χ2n) is 3.63. The summed E-state index contributed by atoms with van der Waals surface area (Å²) in [4.78, 5) is 22.3. The molecule has 0 bridgehead atoms. The first-order chi connectivity index (χ1) is 8.13. The Balaban J connectivity index is 2.37. The van der Waals surface area contributed by atoms with E-state index in [2.05, 4.69) is 15.4 Å². The number of benzene rings is 1. The summed E-state index contributed by atoms with van der Waals surface area (Å²) in [7, 11) is 1.22. The molecule has 0 saturated carbocycles. The maximum atomic E-state index is 11.5. The van der Waals surface area contributed by atoms with E-state index in [1.165, 1.54) is 7.11 Å². The van der Waals surface area contributed by atoms with Gasteiger partial charge in [0.15, 0.2) is 0 Å². The number of anilines is 1. The van der Waals surface area contributed by atoms with Crippen LogP contribution in [-0.4, -0.2) is 25.7 Å². The molecule has 2 amide bonds. The highest BCUT2D eigenvalue weighted by Gasteiger charge is 2.15. The summed E-state index contributed by atoms with van der Waals surface area (Å²) >= 11 is 0. The average Bonchev–Trinajstić information content (AvgIpc) is 2.36. The lowest BCUT2D eigenvalue weighted by atomic mass is 10.1. The summed E-state index contributed by atoms with van der Waals surface area (Å²) in [6.07, 6.45) is -0.735. The quantitative estimate of drug-likeness (QED) is 0.833. The van der Waals surface area contributed by atoms with Crippen LogP contribution in [0.25, 0.3) is 0 Å². The average molecular weight is 236 g/mol. The van der Waals surface area contributed by atoms with Gasteiger partial charge in [-0.25, -0.2) is 4.79 Å². The zero-order valence-corrected chi connectivity index (χ0v) is 9.90. The molecule has 5 nitrogen and oxygen atoms in total. The molecule has 0 aromatic heterocycles. The zero-order valence-electron chi connectivity index (χ0n) is 9.90. The van der Waals surface area contributed by atoms with Crippen LogP contribution in [0.1, 0.15) is 6.92 Å². The minimum Gasteiger partial charge on any atom is -0.453 e. The maximum absolute atomic E-state index is 11.5. The lowest BCUT2D eigenvalue weighted by molar-refractivity contribution is -0.123. The molecular weight excluding hydrogens is 220 g/mol. The van der Waals surface area contributed by atoms with Gasteiger partial charge in [0.1, 0.15) is 0 Å². The van der Waals surface area contributed by atoms with Gasteiger partial charge in [-0.1, -0.05) is 25.1 Å². The van der Waals surface area contributed by atoms with Gasteiger partial charge >= 0.3 is 6.09 Å². The third-order valence-electron chi connectivity index (χ3n) is 2.24. The van der Waals surface area contributed by atoms with Gasteiger partial charge in [0.25, 0.3) is 0 Å². The standard InChI is InChI=1S/C12H16N2O3/c1-9(11(15)14-12(16)17-2)8-13-10-6-4-3-5-7-10/h3-7,9,13H,8H2,1-2H3,(H,14,15,16)/t9-/m0/s1. The Hall–Kier alpha value is -2.04. The number of amides is 2. The second kappa shape index (κ2) is 6.52. The van der Waals surface area contributed by atoms with Gasteiger partial charge in [0.2, 0.25) is 5.91 Å². The van der Waals surface area contributed by atoms with Crippen molar-refractivity contribution in [3.8, 4) is 0 Å². The SMILES string of the molecule is COC(=O)NC(=O)[C@@H](C)CNc1ccccc1. The van der Waals surface area contributed by atoms with Crippen LogP contribution in [0.3, 0.4) is 0 Å². The fourth-order valence-electron chi connectivity index (χ4n) is 1.19. The molecule has 1 rings (SSSR count). The Bertz CT molecular complexity index is 379. The molecule has 0 aliphatic carbocycles. The smallest absolute Gasteiger partial charge is 0.413 e. The van der Waals surface area contributed by atoms with Crippen molar-refractivity contribution in [2.75, 3.05) is 19.0 Å². The highest BCUT2D eigenvalue weighted by Crippen LogP contribution is 2.06. The first-order valence-electron chi connectivity index (χ1n) is 5.31. The van der Waals surface area contributed by atoms with Crippen molar-refractivity contribution in [3.05, 3.63) is 30.3 Å². The van der Waals surface area contributed by atoms with Crippen molar-refractivity contribution in [3.63, 3.8) is 0 Å². The number of para-hydroxylation sites is 1. The number of methoxy groups -OCH3 is 1. The predicted molar refractivity (Wildman–Crippen MR) is 64.6 cm³/mol. The van der Waals surface area contributed by atoms with Crippen LogP contribution in [0.15, 0.2) is 30.3 Å². The molecule has 0 aliphatic heterocycles. The van der Waals surface area contributed by atoms with Crippen molar-refractivity contribution in [1.29, 1.82) is 0 Å². The normalized spacial score (nSPS) is 11.4.